The molecule has 8 heavy (non-hydrogen) atoms. The standard InChI is InChI=1S/C2H6N5.V/c3-1(4)7-2(5)6;/h(H6-,3,4,5,6,7);/q-1;. The maximum atomic E-state index is 6.42. The summed E-state index contributed by atoms with van der Waals surface area (Å²) in [5.41, 5.74) is 15.8. The SMILES string of the molecule is N=C(N)N=C([NH-])N.[V]. The Morgan fingerprint density at radius 2 is 1.88 bits per heavy atom. The number of nitrogens with zero attached hydrogens (tertiary/aromatic N) is 1. The van der Waals surface area contributed by atoms with E-state index in [2.05, 4.69) is 16.5 Å². The topological polar surface area (TPSA) is 112 Å². The molecule has 0 spiro atoms. The van der Waals surface area contributed by atoms with E-state index in [9.17, 15) is 0 Å². The molecule has 0 atom stereocenters. The van der Waals surface area contributed by atoms with Gasteiger partial charge in [0.15, 0.2) is 0 Å². The predicted molar refractivity (Wildman–Crippen MR) is 27.9 cm³/mol. The van der Waals surface area contributed by atoms with Crippen molar-refractivity contribution in [1.82, 2.24) is 0 Å². The van der Waals surface area contributed by atoms with E-state index in [4.69, 9.17) is 11.1 Å². The normalized spacial score (nSPS) is 9.75. The van der Waals surface area contributed by atoms with Crippen molar-refractivity contribution < 1.29 is 18.6 Å². The van der Waals surface area contributed by atoms with Crippen LogP contribution in [0.4, 0.5) is 0 Å². The van der Waals surface area contributed by atoms with Gasteiger partial charge in [0.2, 0.25) is 0 Å². The summed E-state index contributed by atoms with van der Waals surface area (Å²) in [5, 5.41) is 6.42. The molecule has 0 fully saturated rings. The second-order valence-electron chi connectivity index (χ2n) is 0.882. The van der Waals surface area contributed by atoms with Crippen molar-refractivity contribution in [2.75, 3.05) is 0 Å². The summed E-state index contributed by atoms with van der Waals surface area (Å²) in [6.07, 6.45) is 0. The Hall–Kier alpha value is -0.676. The van der Waals surface area contributed by atoms with Gasteiger partial charge in [-0.15, -0.1) is 0 Å². The van der Waals surface area contributed by atoms with Gasteiger partial charge < -0.3 is 22.2 Å². The molecule has 45 valence electrons. The first kappa shape index (κ1) is 10.3. The monoisotopic (exact) mass is 151 g/mol. The van der Waals surface area contributed by atoms with E-state index in [1.807, 2.05) is 0 Å². The largest absolute Gasteiger partial charge is 0.454 e. The van der Waals surface area contributed by atoms with Gasteiger partial charge in [0.25, 0.3) is 0 Å². The molecule has 0 heterocycles. The fraction of sp³-hybridized carbons (Fsp3) is 0. The van der Waals surface area contributed by atoms with Crippen LogP contribution >= 0.6 is 0 Å². The zero-order valence-corrected chi connectivity index (χ0v) is 5.45. The van der Waals surface area contributed by atoms with Gasteiger partial charge in [-0.2, -0.15) is 0 Å². The van der Waals surface area contributed by atoms with E-state index in [1.165, 1.54) is 0 Å². The van der Waals surface area contributed by atoms with E-state index in [0.29, 0.717) is 0 Å². The Bertz CT molecular complexity index is 103. The molecule has 5 nitrogen and oxygen atoms in total. The number of aliphatic imine (C=N–C) groups is 1. The fourth-order valence-electron chi connectivity index (χ4n) is 0.130. The van der Waals surface area contributed by atoms with Crippen LogP contribution in [0, 0.1) is 5.41 Å². The number of hydrogen-bond donors (Lipinski definition) is 3. The number of rotatable bonds is 0. The molecule has 0 aliphatic rings. The summed E-state index contributed by atoms with van der Waals surface area (Å²) in [4.78, 5) is 3.00. The van der Waals surface area contributed by atoms with Crippen molar-refractivity contribution in [3.05, 3.63) is 5.73 Å². The third-order valence-corrected chi connectivity index (χ3v) is 0.241. The number of nitrogens with one attached hydrogen (secondary N) is 2. The molecular formula is C2H6N5V-. The predicted octanol–water partition coefficient (Wildman–Crippen LogP) is -0.756. The van der Waals surface area contributed by atoms with Crippen molar-refractivity contribution in [2.45, 2.75) is 0 Å². The molecule has 0 unspecified atom stereocenters. The number of hydrogen-bond acceptors (Lipinski definition) is 1. The van der Waals surface area contributed by atoms with E-state index in [0.717, 1.165) is 0 Å². The van der Waals surface area contributed by atoms with Crippen molar-refractivity contribution in [2.24, 2.45) is 16.5 Å². The van der Waals surface area contributed by atoms with Crippen molar-refractivity contribution in [3.8, 4) is 0 Å². The van der Waals surface area contributed by atoms with Gasteiger partial charge in [-0.25, -0.2) is 0 Å². The second-order valence-corrected chi connectivity index (χ2v) is 0.882. The van der Waals surface area contributed by atoms with Gasteiger partial charge in [0.05, 0.1) is 0 Å². The van der Waals surface area contributed by atoms with Gasteiger partial charge in [-0.3, -0.25) is 5.41 Å². The van der Waals surface area contributed by atoms with Crippen LogP contribution < -0.4 is 11.5 Å². The third kappa shape index (κ3) is 9.01. The Kier molecular flexibility index (Phi) is 5.79. The Morgan fingerprint density at radius 1 is 1.50 bits per heavy atom. The molecule has 0 rings (SSSR count). The average molecular weight is 151 g/mol. The van der Waals surface area contributed by atoms with Crippen LogP contribution in [-0.2, 0) is 18.6 Å². The van der Waals surface area contributed by atoms with Crippen LogP contribution in [-0.4, -0.2) is 11.9 Å². The van der Waals surface area contributed by atoms with Crippen molar-refractivity contribution >= 4 is 11.9 Å². The zero-order valence-electron chi connectivity index (χ0n) is 4.05. The first-order chi connectivity index (χ1) is 3.13. The van der Waals surface area contributed by atoms with Crippen LogP contribution in [0.2, 0.25) is 0 Å². The Labute approximate surface area is 58.7 Å². The molecule has 0 bridgehead atoms. The summed E-state index contributed by atoms with van der Waals surface area (Å²) in [7, 11) is 0. The molecule has 6 heteroatoms. The van der Waals surface area contributed by atoms with Gasteiger partial charge in [-0.1, -0.05) is 0 Å². The molecule has 1 radical (unpaired) electrons. The van der Waals surface area contributed by atoms with Gasteiger partial charge in [0.1, 0.15) is 5.96 Å². The van der Waals surface area contributed by atoms with E-state index in [-0.39, 0.29) is 18.6 Å². The maximum absolute atomic E-state index is 6.42. The van der Waals surface area contributed by atoms with E-state index >= 15 is 0 Å². The van der Waals surface area contributed by atoms with Crippen LogP contribution in [0.1, 0.15) is 0 Å². The summed E-state index contributed by atoms with van der Waals surface area (Å²) < 4.78 is 0. The number of nitrogens with two attached hydrogens (primary N) is 2. The maximum Gasteiger partial charge on any atom is 0.140 e. The third-order valence-electron chi connectivity index (χ3n) is 0.241. The molecule has 0 saturated heterocycles. The number of guanidine groups is 2. The smallest absolute Gasteiger partial charge is 0.140 e. The molecule has 0 amide bonds. The van der Waals surface area contributed by atoms with Gasteiger partial charge >= 0.3 is 0 Å². The van der Waals surface area contributed by atoms with Gasteiger partial charge in [0, 0.05) is 24.5 Å². The summed E-state index contributed by atoms with van der Waals surface area (Å²) in [6.45, 7) is 0. The Morgan fingerprint density at radius 3 is 1.88 bits per heavy atom. The van der Waals surface area contributed by atoms with E-state index in [1.54, 1.807) is 0 Å². The minimum atomic E-state index is -0.437. The molecule has 0 aromatic heterocycles. The summed E-state index contributed by atoms with van der Waals surface area (Å²) in [5.74, 6) is -0.875. The Balaban J connectivity index is 0. The molecule has 0 aliphatic carbocycles. The first-order valence-electron chi connectivity index (χ1n) is 1.52. The zero-order chi connectivity index (χ0) is 5.86. The molecule has 0 aromatic carbocycles. The summed E-state index contributed by atoms with van der Waals surface area (Å²) in [6, 6.07) is 0. The molecule has 0 saturated carbocycles. The van der Waals surface area contributed by atoms with Crippen molar-refractivity contribution in [3.63, 3.8) is 0 Å². The molecular weight excluding hydrogens is 145 g/mol. The summed E-state index contributed by atoms with van der Waals surface area (Å²) >= 11 is 0. The minimum Gasteiger partial charge on any atom is -0.454 e. The first-order valence-corrected chi connectivity index (χ1v) is 1.52. The van der Waals surface area contributed by atoms with E-state index < -0.39 is 11.9 Å². The van der Waals surface area contributed by atoms with Crippen LogP contribution in [0.3, 0.4) is 0 Å². The van der Waals surface area contributed by atoms with Gasteiger partial charge in [-0.05, 0) is 0 Å². The van der Waals surface area contributed by atoms with Crippen molar-refractivity contribution in [1.29, 1.82) is 5.41 Å². The fourth-order valence-corrected chi connectivity index (χ4v) is 0.130. The van der Waals surface area contributed by atoms with Crippen LogP contribution in [0.25, 0.3) is 5.73 Å². The van der Waals surface area contributed by atoms with Crippen LogP contribution in [0.15, 0.2) is 4.99 Å². The molecule has 6 N–H and O–H groups in total. The quantitative estimate of drug-likeness (QED) is 0.312. The average Bonchev–Trinajstić information content (AvgIpc) is 1.27. The molecule has 0 aromatic rings. The van der Waals surface area contributed by atoms with Crippen LogP contribution in [0.5, 0.6) is 0 Å². The minimum absolute atomic E-state index is 0. The second kappa shape index (κ2) is 4.48. The molecule has 0 aliphatic heterocycles.